The highest BCUT2D eigenvalue weighted by atomic mass is 16.5. The van der Waals surface area contributed by atoms with Crippen molar-refractivity contribution in [1.29, 1.82) is 0 Å². The van der Waals surface area contributed by atoms with Gasteiger partial charge in [-0.3, -0.25) is 15.8 Å². The second kappa shape index (κ2) is 10.8. The largest absolute Gasteiger partial charge is 0.497 e. The van der Waals surface area contributed by atoms with Crippen molar-refractivity contribution in [2.24, 2.45) is 0 Å². The molecular formula is C29H42N6O3. The number of nitrogens with zero attached hydrogens (tertiary/aromatic N) is 4. The minimum absolute atomic E-state index is 0.00950. The Balaban J connectivity index is 1.43. The van der Waals surface area contributed by atoms with E-state index in [4.69, 9.17) is 9.72 Å². The molecule has 0 unspecified atom stereocenters. The number of hydrazine groups is 1. The topological polar surface area (TPSA) is 93.2 Å². The molecule has 3 aliphatic rings. The number of hydrogen-bond acceptors (Lipinski definition) is 7. The molecule has 3 N–H and O–H groups in total. The molecule has 5 rings (SSSR count). The van der Waals surface area contributed by atoms with Gasteiger partial charge in [0.2, 0.25) is 0 Å². The highest BCUT2D eigenvalue weighted by molar-refractivity contribution is 5.94. The van der Waals surface area contributed by atoms with E-state index in [1.807, 2.05) is 43.0 Å². The summed E-state index contributed by atoms with van der Waals surface area (Å²) in [4.78, 5) is 25.4. The maximum absolute atomic E-state index is 14.1. The minimum atomic E-state index is -0.741. The zero-order valence-electron chi connectivity index (χ0n) is 23.2. The number of rotatable bonds is 8. The van der Waals surface area contributed by atoms with E-state index in [1.54, 1.807) is 7.11 Å². The van der Waals surface area contributed by atoms with Crippen molar-refractivity contribution in [2.45, 2.75) is 63.6 Å². The Hall–Kier alpha value is -2.72. The van der Waals surface area contributed by atoms with E-state index < -0.39 is 5.60 Å². The third-order valence-corrected chi connectivity index (χ3v) is 8.23. The molecule has 0 saturated carbocycles. The number of amides is 2. The van der Waals surface area contributed by atoms with Crippen molar-refractivity contribution in [3.8, 4) is 5.75 Å². The number of hydrogen-bond donors (Lipinski definition) is 3. The molecule has 1 aromatic heterocycles. The highest BCUT2D eigenvalue weighted by Crippen LogP contribution is 2.40. The fourth-order valence-corrected chi connectivity index (χ4v) is 6.25. The van der Waals surface area contributed by atoms with E-state index in [0.717, 1.165) is 68.3 Å². The Morgan fingerprint density at radius 1 is 1.16 bits per heavy atom. The van der Waals surface area contributed by atoms with Gasteiger partial charge in [0.05, 0.1) is 24.8 Å². The number of carbonyl (C=O) groups is 1. The van der Waals surface area contributed by atoms with Gasteiger partial charge in [0.1, 0.15) is 11.6 Å². The zero-order chi connectivity index (χ0) is 26.9. The monoisotopic (exact) mass is 522 g/mol. The second-order valence-corrected chi connectivity index (χ2v) is 11.6. The van der Waals surface area contributed by atoms with Gasteiger partial charge in [-0.25, -0.2) is 9.78 Å². The number of methoxy groups -OCH3 is 1. The Morgan fingerprint density at radius 3 is 2.55 bits per heavy atom. The minimum Gasteiger partial charge on any atom is -0.497 e. The first-order valence-corrected chi connectivity index (χ1v) is 13.8. The molecule has 4 heterocycles. The quantitative estimate of drug-likeness (QED) is 0.491. The Morgan fingerprint density at radius 2 is 1.89 bits per heavy atom. The average Bonchev–Trinajstić information content (AvgIpc) is 3.53. The fourth-order valence-electron chi connectivity index (χ4n) is 6.25. The maximum Gasteiger partial charge on any atom is 0.326 e. The molecule has 3 fully saturated rings. The number of anilines is 1. The number of carbonyl (C=O) groups excluding carboxylic acids is 1. The number of aliphatic hydroxyl groups is 1. The molecule has 206 valence electrons. The van der Waals surface area contributed by atoms with Gasteiger partial charge in [-0.2, -0.15) is 0 Å². The number of aryl methyl sites for hydroxylation is 1. The number of ether oxygens (including phenoxy) is 1. The summed E-state index contributed by atoms with van der Waals surface area (Å²) in [5.41, 5.74) is 8.77. The van der Waals surface area contributed by atoms with E-state index in [9.17, 15) is 9.90 Å². The van der Waals surface area contributed by atoms with Crippen molar-refractivity contribution in [1.82, 2.24) is 25.6 Å². The molecular weight excluding hydrogens is 480 g/mol. The Bertz CT molecular complexity index is 1140. The summed E-state index contributed by atoms with van der Waals surface area (Å²) < 4.78 is 5.45. The van der Waals surface area contributed by atoms with Crippen LogP contribution in [0.15, 0.2) is 36.4 Å². The van der Waals surface area contributed by atoms with E-state index in [1.165, 1.54) is 5.56 Å². The van der Waals surface area contributed by atoms with Crippen LogP contribution in [0.3, 0.4) is 0 Å². The van der Waals surface area contributed by atoms with Gasteiger partial charge in [-0.1, -0.05) is 25.1 Å². The van der Waals surface area contributed by atoms with Crippen LogP contribution >= 0.6 is 0 Å². The number of nitrogens with one attached hydrogen (secondary N) is 2. The Labute approximate surface area is 226 Å². The van der Waals surface area contributed by atoms with Gasteiger partial charge in [0.15, 0.2) is 0 Å². The van der Waals surface area contributed by atoms with Crippen molar-refractivity contribution < 1.29 is 14.6 Å². The van der Waals surface area contributed by atoms with Crippen LogP contribution in [0.25, 0.3) is 0 Å². The van der Waals surface area contributed by atoms with Gasteiger partial charge in [-0.15, -0.1) is 0 Å². The molecule has 0 bridgehead atoms. The molecule has 1 aromatic carbocycles. The number of piperidine rings is 1. The van der Waals surface area contributed by atoms with E-state index in [-0.39, 0.29) is 11.6 Å². The van der Waals surface area contributed by atoms with E-state index in [0.29, 0.717) is 25.6 Å². The average molecular weight is 523 g/mol. The summed E-state index contributed by atoms with van der Waals surface area (Å²) in [6, 6.07) is 12.2. The summed E-state index contributed by atoms with van der Waals surface area (Å²) in [6.45, 7) is 11.1. The molecule has 0 atom stereocenters. The number of pyridine rings is 1. The van der Waals surface area contributed by atoms with Crippen LogP contribution in [0, 0.1) is 0 Å². The lowest BCUT2D eigenvalue weighted by Crippen LogP contribution is -2.55. The zero-order valence-corrected chi connectivity index (χ0v) is 23.2. The van der Waals surface area contributed by atoms with Crippen molar-refractivity contribution in [3.63, 3.8) is 0 Å². The van der Waals surface area contributed by atoms with E-state index >= 15 is 0 Å². The summed E-state index contributed by atoms with van der Waals surface area (Å²) in [6.07, 6.45) is 2.53. The summed E-state index contributed by atoms with van der Waals surface area (Å²) in [5.74, 6) is 1.92. The number of benzene rings is 1. The van der Waals surface area contributed by atoms with Crippen LogP contribution in [0.2, 0.25) is 0 Å². The molecule has 3 saturated heterocycles. The van der Waals surface area contributed by atoms with Crippen LogP contribution in [0.5, 0.6) is 5.75 Å². The Kier molecular flexibility index (Phi) is 7.64. The summed E-state index contributed by atoms with van der Waals surface area (Å²) in [7, 11) is 1.67. The summed E-state index contributed by atoms with van der Waals surface area (Å²) in [5, 5.41) is 10.4. The third kappa shape index (κ3) is 5.52. The molecule has 0 radical (unpaired) electrons. The lowest BCUT2D eigenvalue weighted by atomic mass is 9.86. The van der Waals surface area contributed by atoms with Gasteiger partial charge < -0.3 is 19.6 Å². The molecule has 38 heavy (non-hydrogen) atoms. The van der Waals surface area contributed by atoms with Crippen LogP contribution in [0.4, 0.5) is 10.6 Å². The van der Waals surface area contributed by atoms with Gasteiger partial charge in [-0.05, 0) is 62.4 Å². The number of urea groups is 1. The molecule has 3 aliphatic heterocycles. The first kappa shape index (κ1) is 26.9. The molecule has 9 heteroatoms. The SMILES string of the molecule is CCc1nc(N2CC3(CCN(CC(C)(C)O)CC3)N(Cc3cccc(OC)c3)C2=O)ccc1C1CNNC1. The van der Waals surface area contributed by atoms with Crippen LogP contribution < -0.4 is 20.5 Å². The summed E-state index contributed by atoms with van der Waals surface area (Å²) >= 11 is 0. The highest BCUT2D eigenvalue weighted by Gasteiger charge is 2.51. The number of aromatic nitrogens is 1. The maximum atomic E-state index is 14.1. The van der Waals surface area contributed by atoms with Gasteiger partial charge in [0, 0.05) is 50.9 Å². The van der Waals surface area contributed by atoms with Crippen LogP contribution in [-0.4, -0.2) is 83.4 Å². The second-order valence-electron chi connectivity index (χ2n) is 11.6. The van der Waals surface area contributed by atoms with E-state index in [2.05, 4.69) is 39.7 Å². The molecule has 0 aliphatic carbocycles. The van der Waals surface area contributed by atoms with Gasteiger partial charge in [0.25, 0.3) is 0 Å². The first-order valence-electron chi connectivity index (χ1n) is 13.8. The van der Waals surface area contributed by atoms with Crippen molar-refractivity contribution >= 4 is 11.8 Å². The lowest BCUT2D eigenvalue weighted by Gasteiger charge is -2.44. The fraction of sp³-hybridized carbons (Fsp3) is 0.586. The molecule has 1 spiro atoms. The van der Waals surface area contributed by atoms with Crippen LogP contribution in [-0.2, 0) is 13.0 Å². The standard InChI is InChI=1S/C29H42N6O3/c1-5-25-24(22-16-30-31-17-22)9-10-26(32-25)34-20-29(11-13-33(14-12-29)19-28(2,3)37)35(27(34)36)18-21-7-6-8-23(15-21)38-4/h6-10,15,22,30-31,37H,5,11-14,16-20H2,1-4H3. The molecule has 2 aromatic rings. The number of β-amino-alcohol motifs (C(OH)–C–C–N with tert-alkyl or cyclic N) is 1. The lowest BCUT2D eigenvalue weighted by molar-refractivity contribution is 0.00617. The predicted molar refractivity (Wildman–Crippen MR) is 148 cm³/mol. The smallest absolute Gasteiger partial charge is 0.326 e. The van der Waals surface area contributed by atoms with Crippen LogP contribution in [0.1, 0.15) is 56.4 Å². The molecule has 9 nitrogen and oxygen atoms in total. The molecule has 2 amide bonds. The number of likely N-dealkylation sites (tertiary alicyclic amines) is 1. The normalized spacial score (nSPS) is 20.6. The first-order chi connectivity index (χ1) is 18.2. The third-order valence-electron chi connectivity index (χ3n) is 8.23. The van der Waals surface area contributed by atoms with Crippen molar-refractivity contribution in [2.75, 3.05) is 51.3 Å². The van der Waals surface area contributed by atoms with Crippen molar-refractivity contribution in [3.05, 3.63) is 53.2 Å². The predicted octanol–water partition coefficient (Wildman–Crippen LogP) is 2.89. The van der Waals surface area contributed by atoms with Gasteiger partial charge >= 0.3 is 6.03 Å².